The minimum absolute atomic E-state index is 0.724. The summed E-state index contributed by atoms with van der Waals surface area (Å²) in [6.45, 7) is 2.49. The summed E-state index contributed by atoms with van der Waals surface area (Å²) in [5.41, 5.74) is 17.0. The maximum absolute atomic E-state index is 5.86. The van der Waals surface area contributed by atoms with Crippen LogP contribution in [0.4, 0.5) is 0 Å². The van der Waals surface area contributed by atoms with Crippen LogP contribution in [0, 0.1) is 17.8 Å². The molecule has 0 radical (unpaired) electrons. The molecule has 0 saturated heterocycles. The Morgan fingerprint density at radius 2 is 1.67 bits per heavy atom. The first-order chi connectivity index (χ1) is 7.31. The summed E-state index contributed by atoms with van der Waals surface area (Å²) in [5.74, 6) is 2.38. The van der Waals surface area contributed by atoms with E-state index in [-0.39, 0.29) is 0 Å². The van der Waals surface area contributed by atoms with Gasteiger partial charge < -0.3 is 17.2 Å². The SMILES string of the molecule is NCCCC1CCC(CCN)CC1CN. The summed E-state index contributed by atoms with van der Waals surface area (Å²) < 4.78 is 0. The van der Waals surface area contributed by atoms with Crippen LogP contribution in [0.1, 0.15) is 38.5 Å². The molecular weight excluding hydrogens is 186 g/mol. The van der Waals surface area contributed by atoms with E-state index in [0.29, 0.717) is 0 Å². The minimum Gasteiger partial charge on any atom is -0.330 e. The molecule has 1 aliphatic carbocycles. The molecule has 0 spiro atoms. The van der Waals surface area contributed by atoms with E-state index < -0.39 is 0 Å². The third kappa shape index (κ3) is 4.09. The molecule has 3 heteroatoms. The summed E-state index contributed by atoms with van der Waals surface area (Å²) in [6.07, 6.45) is 7.59. The van der Waals surface area contributed by atoms with Gasteiger partial charge in [0.25, 0.3) is 0 Å². The van der Waals surface area contributed by atoms with Crippen molar-refractivity contribution in [3.8, 4) is 0 Å². The Balaban J connectivity index is 2.34. The Morgan fingerprint density at radius 1 is 0.867 bits per heavy atom. The standard InChI is InChI=1S/C12H27N3/c13-6-1-2-11-4-3-10(5-7-14)8-12(11)9-15/h10-12H,1-9,13-15H2. The quantitative estimate of drug-likeness (QED) is 0.617. The van der Waals surface area contributed by atoms with Crippen LogP contribution in [0.5, 0.6) is 0 Å². The van der Waals surface area contributed by atoms with Crippen LogP contribution in [-0.2, 0) is 0 Å². The van der Waals surface area contributed by atoms with Gasteiger partial charge in [-0.1, -0.05) is 6.42 Å². The summed E-state index contributed by atoms with van der Waals surface area (Å²) in [7, 11) is 0. The highest BCUT2D eigenvalue weighted by Crippen LogP contribution is 2.37. The molecule has 0 amide bonds. The first-order valence-electron chi connectivity index (χ1n) is 6.42. The maximum atomic E-state index is 5.86. The lowest BCUT2D eigenvalue weighted by molar-refractivity contribution is 0.169. The van der Waals surface area contributed by atoms with E-state index in [2.05, 4.69) is 0 Å². The van der Waals surface area contributed by atoms with Crippen molar-refractivity contribution in [1.29, 1.82) is 0 Å². The third-order valence-corrected chi connectivity index (χ3v) is 3.91. The lowest BCUT2D eigenvalue weighted by Gasteiger charge is -2.35. The van der Waals surface area contributed by atoms with Gasteiger partial charge in [0, 0.05) is 0 Å². The van der Waals surface area contributed by atoms with E-state index in [9.17, 15) is 0 Å². The maximum Gasteiger partial charge on any atom is -0.00461 e. The molecular formula is C12H27N3. The fraction of sp³-hybridized carbons (Fsp3) is 1.00. The molecule has 0 heterocycles. The average molecular weight is 213 g/mol. The second kappa shape index (κ2) is 7.20. The van der Waals surface area contributed by atoms with Gasteiger partial charge in [-0.3, -0.25) is 0 Å². The van der Waals surface area contributed by atoms with Crippen molar-refractivity contribution in [1.82, 2.24) is 0 Å². The second-order valence-corrected chi connectivity index (χ2v) is 4.94. The molecule has 90 valence electrons. The molecule has 3 nitrogen and oxygen atoms in total. The average Bonchev–Trinajstić information content (AvgIpc) is 2.27. The Bertz CT molecular complexity index is 161. The predicted molar refractivity (Wildman–Crippen MR) is 65.3 cm³/mol. The minimum atomic E-state index is 0.724. The van der Waals surface area contributed by atoms with Crippen molar-refractivity contribution in [2.24, 2.45) is 35.0 Å². The van der Waals surface area contributed by atoms with Crippen molar-refractivity contribution < 1.29 is 0 Å². The lowest BCUT2D eigenvalue weighted by Crippen LogP contribution is -2.31. The number of hydrogen-bond acceptors (Lipinski definition) is 3. The first-order valence-corrected chi connectivity index (χ1v) is 6.42. The van der Waals surface area contributed by atoms with Gasteiger partial charge in [0.05, 0.1) is 0 Å². The third-order valence-electron chi connectivity index (χ3n) is 3.91. The fourth-order valence-electron chi connectivity index (χ4n) is 2.97. The fourth-order valence-corrected chi connectivity index (χ4v) is 2.97. The van der Waals surface area contributed by atoms with Gasteiger partial charge in [0.2, 0.25) is 0 Å². The highest BCUT2D eigenvalue weighted by atomic mass is 14.6. The highest BCUT2D eigenvalue weighted by Gasteiger charge is 2.28. The van der Waals surface area contributed by atoms with E-state index in [1.807, 2.05) is 0 Å². The molecule has 3 atom stereocenters. The van der Waals surface area contributed by atoms with E-state index in [1.54, 1.807) is 0 Å². The van der Waals surface area contributed by atoms with Crippen LogP contribution < -0.4 is 17.2 Å². The molecule has 15 heavy (non-hydrogen) atoms. The van der Waals surface area contributed by atoms with E-state index in [1.165, 1.54) is 32.1 Å². The smallest absolute Gasteiger partial charge is 0.00461 e. The molecule has 1 fully saturated rings. The van der Waals surface area contributed by atoms with Gasteiger partial charge in [-0.15, -0.1) is 0 Å². The summed E-state index contributed by atoms with van der Waals surface area (Å²) in [4.78, 5) is 0. The van der Waals surface area contributed by atoms with Crippen LogP contribution in [0.25, 0.3) is 0 Å². The van der Waals surface area contributed by atoms with Crippen molar-refractivity contribution in [2.45, 2.75) is 38.5 Å². The van der Waals surface area contributed by atoms with Crippen molar-refractivity contribution in [3.63, 3.8) is 0 Å². The van der Waals surface area contributed by atoms with Crippen LogP contribution >= 0.6 is 0 Å². The Kier molecular flexibility index (Phi) is 6.22. The lowest BCUT2D eigenvalue weighted by atomic mass is 9.71. The molecule has 0 aromatic carbocycles. The largest absolute Gasteiger partial charge is 0.330 e. The van der Waals surface area contributed by atoms with Crippen LogP contribution in [0.2, 0.25) is 0 Å². The van der Waals surface area contributed by atoms with Crippen LogP contribution in [-0.4, -0.2) is 19.6 Å². The normalized spacial score (nSPS) is 31.8. The zero-order valence-corrected chi connectivity index (χ0v) is 9.83. The zero-order chi connectivity index (χ0) is 11.1. The summed E-state index contributed by atoms with van der Waals surface area (Å²) >= 11 is 0. The van der Waals surface area contributed by atoms with Gasteiger partial charge in [0.15, 0.2) is 0 Å². The Hall–Kier alpha value is -0.120. The zero-order valence-electron chi connectivity index (χ0n) is 9.83. The monoisotopic (exact) mass is 213 g/mol. The molecule has 0 aromatic heterocycles. The van der Waals surface area contributed by atoms with Crippen LogP contribution in [0.3, 0.4) is 0 Å². The molecule has 0 aliphatic heterocycles. The molecule has 1 saturated carbocycles. The number of rotatable bonds is 6. The van der Waals surface area contributed by atoms with Gasteiger partial charge in [-0.05, 0) is 69.5 Å². The summed E-state index contributed by atoms with van der Waals surface area (Å²) in [6, 6.07) is 0. The van der Waals surface area contributed by atoms with Crippen molar-refractivity contribution >= 4 is 0 Å². The van der Waals surface area contributed by atoms with Gasteiger partial charge in [0.1, 0.15) is 0 Å². The Labute approximate surface area is 93.8 Å². The Morgan fingerprint density at radius 3 is 2.27 bits per heavy atom. The van der Waals surface area contributed by atoms with E-state index in [0.717, 1.165) is 43.8 Å². The van der Waals surface area contributed by atoms with E-state index >= 15 is 0 Å². The highest BCUT2D eigenvalue weighted by molar-refractivity contribution is 4.81. The van der Waals surface area contributed by atoms with Gasteiger partial charge in [-0.25, -0.2) is 0 Å². The van der Waals surface area contributed by atoms with Gasteiger partial charge in [-0.2, -0.15) is 0 Å². The van der Waals surface area contributed by atoms with Gasteiger partial charge >= 0.3 is 0 Å². The van der Waals surface area contributed by atoms with E-state index in [4.69, 9.17) is 17.2 Å². The molecule has 1 aliphatic rings. The molecule has 1 rings (SSSR count). The molecule has 0 aromatic rings. The first kappa shape index (κ1) is 12.9. The second-order valence-electron chi connectivity index (χ2n) is 4.94. The van der Waals surface area contributed by atoms with Crippen LogP contribution in [0.15, 0.2) is 0 Å². The molecule has 0 bridgehead atoms. The number of hydrogen-bond donors (Lipinski definition) is 3. The predicted octanol–water partition coefficient (Wildman–Crippen LogP) is 1.07. The molecule has 3 unspecified atom stereocenters. The van der Waals surface area contributed by atoms with Crippen molar-refractivity contribution in [3.05, 3.63) is 0 Å². The number of nitrogens with two attached hydrogens (primary N) is 3. The topological polar surface area (TPSA) is 78.1 Å². The molecule has 6 N–H and O–H groups in total. The van der Waals surface area contributed by atoms with Crippen molar-refractivity contribution in [2.75, 3.05) is 19.6 Å². The summed E-state index contributed by atoms with van der Waals surface area (Å²) in [5, 5.41) is 0.